The third-order valence-electron chi connectivity index (χ3n) is 4.89. The van der Waals surface area contributed by atoms with Crippen molar-refractivity contribution in [1.29, 1.82) is 0 Å². The number of amides is 1. The van der Waals surface area contributed by atoms with Gasteiger partial charge in [-0.25, -0.2) is 12.8 Å². The highest BCUT2D eigenvalue weighted by Crippen LogP contribution is 2.21. The van der Waals surface area contributed by atoms with Gasteiger partial charge in [-0.05, 0) is 49.2 Å². The lowest BCUT2D eigenvalue weighted by molar-refractivity contribution is -0.119. The van der Waals surface area contributed by atoms with E-state index in [1.165, 1.54) is 36.6 Å². The van der Waals surface area contributed by atoms with E-state index in [2.05, 4.69) is 16.3 Å². The Morgan fingerprint density at radius 1 is 1.10 bits per heavy atom. The van der Waals surface area contributed by atoms with Gasteiger partial charge in [-0.1, -0.05) is 36.4 Å². The van der Waals surface area contributed by atoms with E-state index in [9.17, 15) is 17.6 Å². The molecule has 0 aliphatic carbocycles. The van der Waals surface area contributed by atoms with Crippen molar-refractivity contribution in [2.45, 2.75) is 25.9 Å². The summed E-state index contributed by atoms with van der Waals surface area (Å²) in [6.45, 7) is 2.91. The molecule has 29 heavy (non-hydrogen) atoms. The third kappa shape index (κ3) is 6.01. The van der Waals surface area contributed by atoms with Gasteiger partial charge in [0.1, 0.15) is 12.4 Å². The summed E-state index contributed by atoms with van der Waals surface area (Å²) in [5.41, 5.74) is 1.98. The molecular weight excluding hydrogens is 393 g/mol. The van der Waals surface area contributed by atoms with Gasteiger partial charge in [0.2, 0.25) is 15.9 Å². The molecule has 1 saturated heterocycles. The second kappa shape index (κ2) is 9.37. The highest BCUT2D eigenvalue weighted by molar-refractivity contribution is 7.92. The standard InChI is InChI=1S/C21H26FN3O3S/c1-29(27,28)25(20-10-3-2-9-19(20)22)16-21(26)23-14-17-7-6-8-18(13-17)15-24-11-4-5-12-24/h2-3,6-10,13H,4-5,11-12,14-16H2,1H3,(H,23,26). The lowest BCUT2D eigenvalue weighted by Gasteiger charge is -2.22. The van der Waals surface area contributed by atoms with E-state index in [0.29, 0.717) is 0 Å². The number of carbonyl (C=O) groups excluding carboxylic acids is 1. The smallest absolute Gasteiger partial charge is 0.241 e. The Hall–Kier alpha value is -2.45. The van der Waals surface area contributed by atoms with Crippen LogP contribution in [-0.2, 0) is 27.9 Å². The first-order valence-electron chi connectivity index (χ1n) is 9.62. The lowest BCUT2D eigenvalue weighted by atomic mass is 10.1. The van der Waals surface area contributed by atoms with Crippen molar-refractivity contribution in [3.05, 3.63) is 65.5 Å². The molecule has 6 nitrogen and oxygen atoms in total. The number of likely N-dealkylation sites (tertiary alicyclic amines) is 1. The fourth-order valence-corrected chi connectivity index (χ4v) is 4.32. The van der Waals surface area contributed by atoms with Crippen LogP contribution < -0.4 is 9.62 Å². The highest BCUT2D eigenvalue weighted by Gasteiger charge is 2.23. The summed E-state index contributed by atoms with van der Waals surface area (Å²) >= 11 is 0. The zero-order valence-electron chi connectivity index (χ0n) is 16.5. The predicted molar refractivity (Wildman–Crippen MR) is 111 cm³/mol. The van der Waals surface area contributed by atoms with E-state index in [4.69, 9.17) is 0 Å². The Morgan fingerprint density at radius 2 is 1.79 bits per heavy atom. The number of hydrogen-bond donors (Lipinski definition) is 1. The Labute approximate surface area is 171 Å². The number of anilines is 1. The summed E-state index contributed by atoms with van der Waals surface area (Å²) in [6, 6.07) is 13.5. The van der Waals surface area contributed by atoms with Crippen molar-refractivity contribution in [3.8, 4) is 0 Å². The Kier molecular flexibility index (Phi) is 6.87. The van der Waals surface area contributed by atoms with E-state index >= 15 is 0 Å². The van der Waals surface area contributed by atoms with Gasteiger partial charge in [0.15, 0.2) is 0 Å². The van der Waals surface area contributed by atoms with Gasteiger partial charge in [-0.2, -0.15) is 0 Å². The summed E-state index contributed by atoms with van der Waals surface area (Å²) < 4.78 is 39.0. The largest absolute Gasteiger partial charge is 0.350 e. The molecule has 0 radical (unpaired) electrons. The molecule has 0 saturated carbocycles. The van der Waals surface area contributed by atoms with Crippen LogP contribution in [0.2, 0.25) is 0 Å². The van der Waals surface area contributed by atoms with Gasteiger partial charge < -0.3 is 5.32 Å². The van der Waals surface area contributed by atoms with Crippen LogP contribution >= 0.6 is 0 Å². The minimum atomic E-state index is -3.81. The highest BCUT2D eigenvalue weighted by atomic mass is 32.2. The monoisotopic (exact) mass is 419 g/mol. The Bertz CT molecular complexity index is 959. The average molecular weight is 420 g/mol. The normalized spacial score (nSPS) is 14.7. The molecule has 0 aromatic heterocycles. The molecule has 0 bridgehead atoms. The topological polar surface area (TPSA) is 69.7 Å². The van der Waals surface area contributed by atoms with Crippen LogP contribution in [0, 0.1) is 5.82 Å². The first-order chi connectivity index (χ1) is 13.8. The lowest BCUT2D eigenvalue weighted by Crippen LogP contribution is -2.40. The number of carbonyl (C=O) groups is 1. The van der Waals surface area contributed by atoms with Crippen molar-refractivity contribution < 1.29 is 17.6 Å². The second-order valence-electron chi connectivity index (χ2n) is 7.30. The minimum Gasteiger partial charge on any atom is -0.350 e. The number of sulfonamides is 1. The van der Waals surface area contributed by atoms with E-state index in [0.717, 1.165) is 41.8 Å². The number of halogens is 1. The maximum Gasteiger partial charge on any atom is 0.241 e. The average Bonchev–Trinajstić information content (AvgIpc) is 3.18. The fourth-order valence-electron chi connectivity index (χ4n) is 3.46. The van der Waals surface area contributed by atoms with Gasteiger partial charge in [0.05, 0.1) is 11.9 Å². The first-order valence-corrected chi connectivity index (χ1v) is 11.5. The molecule has 1 fully saturated rings. The number of benzene rings is 2. The number of para-hydroxylation sites is 1. The van der Waals surface area contributed by atoms with Crippen molar-refractivity contribution >= 4 is 21.6 Å². The zero-order chi connectivity index (χ0) is 20.9. The van der Waals surface area contributed by atoms with Gasteiger partial charge in [0, 0.05) is 13.1 Å². The first kappa shape index (κ1) is 21.3. The van der Waals surface area contributed by atoms with Crippen LogP contribution in [0.4, 0.5) is 10.1 Å². The molecule has 1 amide bonds. The van der Waals surface area contributed by atoms with Crippen LogP contribution in [0.5, 0.6) is 0 Å². The maximum atomic E-state index is 14.0. The van der Waals surface area contributed by atoms with Gasteiger partial charge >= 0.3 is 0 Å². The Morgan fingerprint density at radius 3 is 2.48 bits per heavy atom. The molecule has 1 aliphatic rings. The van der Waals surface area contributed by atoms with E-state index in [-0.39, 0.29) is 12.2 Å². The summed E-state index contributed by atoms with van der Waals surface area (Å²) in [7, 11) is -3.81. The molecule has 0 unspecified atom stereocenters. The van der Waals surface area contributed by atoms with Crippen LogP contribution in [0.3, 0.4) is 0 Å². The predicted octanol–water partition coefficient (Wildman–Crippen LogP) is 2.50. The quantitative estimate of drug-likeness (QED) is 0.714. The number of rotatable bonds is 8. The van der Waals surface area contributed by atoms with Gasteiger partial charge in [-0.15, -0.1) is 0 Å². The van der Waals surface area contributed by atoms with Crippen LogP contribution in [-0.4, -0.2) is 45.1 Å². The second-order valence-corrected chi connectivity index (χ2v) is 9.21. The number of nitrogens with one attached hydrogen (secondary N) is 1. The van der Waals surface area contributed by atoms with Crippen molar-refractivity contribution in [2.75, 3.05) is 30.2 Å². The van der Waals surface area contributed by atoms with Crippen LogP contribution in [0.15, 0.2) is 48.5 Å². The van der Waals surface area contributed by atoms with Gasteiger partial charge in [-0.3, -0.25) is 14.0 Å². The minimum absolute atomic E-state index is 0.141. The summed E-state index contributed by atoms with van der Waals surface area (Å²) in [5, 5.41) is 2.73. The summed E-state index contributed by atoms with van der Waals surface area (Å²) in [5.74, 6) is -1.19. The number of nitrogens with zero attached hydrogens (tertiary/aromatic N) is 2. The van der Waals surface area contributed by atoms with Crippen LogP contribution in [0.25, 0.3) is 0 Å². The molecule has 1 N–H and O–H groups in total. The molecule has 2 aromatic carbocycles. The molecule has 2 aromatic rings. The molecule has 3 rings (SSSR count). The SMILES string of the molecule is CS(=O)(=O)N(CC(=O)NCc1cccc(CN2CCCC2)c1)c1ccccc1F. The molecule has 8 heteroatoms. The van der Waals surface area contributed by atoms with E-state index in [1.54, 1.807) is 0 Å². The molecule has 1 aliphatic heterocycles. The van der Waals surface area contributed by atoms with Crippen LogP contribution in [0.1, 0.15) is 24.0 Å². The van der Waals surface area contributed by atoms with Gasteiger partial charge in [0.25, 0.3) is 0 Å². The zero-order valence-corrected chi connectivity index (χ0v) is 17.3. The van der Waals surface area contributed by atoms with E-state index in [1.807, 2.05) is 18.2 Å². The van der Waals surface area contributed by atoms with Crippen molar-refractivity contribution in [2.24, 2.45) is 0 Å². The van der Waals surface area contributed by atoms with E-state index < -0.39 is 28.3 Å². The third-order valence-corrected chi connectivity index (χ3v) is 6.02. The molecule has 156 valence electrons. The molecular formula is C21H26FN3O3S. The molecule has 0 atom stereocenters. The number of hydrogen-bond acceptors (Lipinski definition) is 4. The van der Waals surface area contributed by atoms with Crippen molar-refractivity contribution in [3.63, 3.8) is 0 Å². The fraction of sp³-hybridized carbons (Fsp3) is 0.381. The van der Waals surface area contributed by atoms with Crippen molar-refractivity contribution in [1.82, 2.24) is 10.2 Å². The Balaban J connectivity index is 1.61. The maximum absolute atomic E-state index is 14.0. The summed E-state index contributed by atoms with van der Waals surface area (Å²) in [4.78, 5) is 14.8. The molecule has 0 spiro atoms. The summed E-state index contributed by atoms with van der Waals surface area (Å²) in [6.07, 6.45) is 3.41. The molecule has 1 heterocycles.